The monoisotopic (exact) mass is 340 g/mol. The van der Waals surface area contributed by atoms with E-state index in [0.717, 1.165) is 25.9 Å². The van der Waals surface area contributed by atoms with Crippen LogP contribution in [0.3, 0.4) is 0 Å². The van der Waals surface area contributed by atoms with Crippen LogP contribution in [0.2, 0.25) is 0 Å². The summed E-state index contributed by atoms with van der Waals surface area (Å²) in [6.07, 6.45) is 2.08. The van der Waals surface area contributed by atoms with E-state index >= 15 is 0 Å². The Morgan fingerprint density at radius 1 is 1.43 bits per heavy atom. The van der Waals surface area contributed by atoms with Gasteiger partial charge in [-0.2, -0.15) is 0 Å². The van der Waals surface area contributed by atoms with Gasteiger partial charge in [0, 0.05) is 43.3 Å². The van der Waals surface area contributed by atoms with Crippen LogP contribution in [0.4, 0.5) is 11.4 Å². The number of nitro benzene ring substituents is 1. The molecule has 23 heavy (non-hydrogen) atoms. The Morgan fingerprint density at radius 2 is 2.17 bits per heavy atom. The predicted octanol–water partition coefficient (Wildman–Crippen LogP) is 2.02. The SMILES string of the molecule is C[C@H]1CNCCN1C(=O)c1ccc(NC2CC2)c([N+](=O)[O-])c1.Cl. The minimum Gasteiger partial charge on any atom is -0.377 e. The van der Waals surface area contributed by atoms with E-state index in [1.807, 2.05) is 6.92 Å². The Morgan fingerprint density at radius 3 is 2.78 bits per heavy atom. The van der Waals surface area contributed by atoms with Crippen molar-refractivity contribution in [3.05, 3.63) is 33.9 Å². The van der Waals surface area contributed by atoms with Crippen molar-refractivity contribution in [1.82, 2.24) is 10.2 Å². The number of piperazine rings is 1. The highest BCUT2D eigenvalue weighted by Gasteiger charge is 2.28. The van der Waals surface area contributed by atoms with Gasteiger partial charge in [0.05, 0.1) is 4.92 Å². The Hall–Kier alpha value is -1.86. The van der Waals surface area contributed by atoms with Crippen LogP contribution in [0, 0.1) is 10.1 Å². The molecule has 2 aliphatic rings. The first-order chi connectivity index (χ1) is 10.6. The van der Waals surface area contributed by atoms with E-state index in [2.05, 4.69) is 10.6 Å². The van der Waals surface area contributed by atoms with Crippen LogP contribution in [0.5, 0.6) is 0 Å². The number of nitrogens with one attached hydrogen (secondary N) is 2. The second kappa shape index (κ2) is 7.14. The molecule has 1 heterocycles. The van der Waals surface area contributed by atoms with Gasteiger partial charge in [-0.05, 0) is 31.9 Å². The summed E-state index contributed by atoms with van der Waals surface area (Å²) in [6.45, 7) is 4.09. The average Bonchev–Trinajstić information content (AvgIpc) is 3.31. The zero-order valence-corrected chi connectivity index (χ0v) is 13.8. The van der Waals surface area contributed by atoms with Gasteiger partial charge in [-0.15, -0.1) is 12.4 Å². The number of nitrogens with zero attached hydrogens (tertiary/aromatic N) is 2. The number of rotatable bonds is 4. The van der Waals surface area contributed by atoms with Crippen molar-refractivity contribution in [2.45, 2.75) is 31.8 Å². The summed E-state index contributed by atoms with van der Waals surface area (Å²) in [5, 5.41) is 17.6. The number of nitro groups is 1. The van der Waals surface area contributed by atoms with Gasteiger partial charge < -0.3 is 15.5 Å². The number of amides is 1. The number of halogens is 1. The second-order valence-electron chi connectivity index (χ2n) is 5.96. The highest BCUT2D eigenvalue weighted by atomic mass is 35.5. The largest absolute Gasteiger partial charge is 0.377 e. The van der Waals surface area contributed by atoms with Crippen molar-refractivity contribution in [2.75, 3.05) is 25.0 Å². The molecule has 1 amide bonds. The lowest BCUT2D eigenvalue weighted by Gasteiger charge is -2.34. The van der Waals surface area contributed by atoms with Gasteiger partial charge >= 0.3 is 0 Å². The fourth-order valence-electron chi connectivity index (χ4n) is 2.69. The summed E-state index contributed by atoms with van der Waals surface area (Å²) in [7, 11) is 0. The third-order valence-corrected chi connectivity index (χ3v) is 4.14. The quantitative estimate of drug-likeness (QED) is 0.646. The molecule has 0 bridgehead atoms. The fourth-order valence-corrected chi connectivity index (χ4v) is 2.69. The van der Waals surface area contributed by atoms with Gasteiger partial charge in [-0.25, -0.2) is 0 Å². The van der Waals surface area contributed by atoms with Crippen molar-refractivity contribution in [3.63, 3.8) is 0 Å². The van der Waals surface area contributed by atoms with E-state index in [4.69, 9.17) is 0 Å². The third kappa shape index (κ3) is 3.92. The Kier molecular flexibility index (Phi) is 5.43. The number of hydrogen-bond donors (Lipinski definition) is 2. The molecule has 3 rings (SSSR count). The highest BCUT2D eigenvalue weighted by molar-refractivity contribution is 5.96. The van der Waals surface area contributed by atoms with Crippen LogP contribution in [-0.2, 0) is 0 Å². The lowest BCUT2D eigenvalue weighted by molar-refractivity contribution is -0.384. The van der Waals surface area contributed by atoms with Crippen molar-refractivity contribution < 1.29 is 9.72 Å². The fraction of sp³-hybridized carbons (Fsp3) is 0.533. The Labute approximate surface area is 141 Å². The van der Waals surface area contributed by atoms with Crippen LogP contribution in [0.15, 0.2) is 18.2 Å². The molecule has 2 fully saturated rings. The molecule has 126 valence electrons. The standard InChI is InChI=1S/C15H20N4O3.ClH/c1-10-9-16-6-7-18(10)15(20)11-2-5-13(17-12-3-4-12)14(8-11)19(21)22;/h2,5,8,10,12,16-17H,3-4,6-7,9H2,1H3;1H/t10-;/m0./s1. The maximum atomic E-state index is 12.6. The molecule has 1 aromatic rings. The summed E-state index contributed by atoms with van der Waals surface area (Å²) >= 11 is 0. The van der Waals surface area contributed by atoms with Crippen LogP contribution < -0.4 is 10.6 Å². The summed E-state index contributed by atoms with van der Waals surface area (Å²) < 4.78 is 0. The van der Waals surface area contributed by atoms with Gasteiger partial charge in [0.25, 0.3) is 11.6 Å². The molecule has 2 N–H and O–H groups in total. The number of carbonyl (C=O) groups excluding carboxylic acids is 1. The van der Waals surface area contributed by atoms with E-state index < -0.39 is 4.92 Å². The summed E-state index contributed by atoms with van der Waals surface area (Å²) in [6, 6.07) is 5.13. The Bertz CT molecular complexity index is 606. The molecule has 1 aliphatic heterocycles. The van der Waals surface area contributed by atoms with E-state index in [1.165, 1.54) is 6.07 Å². The van der Waals surface area contributed by atoms with Gasteiger partial charge in [0.2, 0.25) is 0 Å². The molecule has 7 nitrogen and oxygen atoms in total. The molecule has 1 aliphatic carbocycles. The molecule has 1 saturated carbocycles. The van der Waals surface area contributed by atoms with E-state index in [0.29, 0.717) is 23.8 Å². The molecule has 0 unspecified atom stereocenters. The topological polar surface area (TPSA) is 87.5 Å². The van der Waals surface area contributed by atoms with Gasteiger partial charge in [0.1, 0.15) is 5.69 Å². The summed E-state index contributed by atoms with van der Waals surface area (Å²) in [5.41, 5.74) is 0.847. The van der Waals surface area contributed by atoms with Crippen molar-refractivity contribution >= 4 is 29.7 Å². The molecule has 1 atom stereocenters. The highest BCUT2D eigenvalue weighted by Crippen LogP contribution is 2.32. The van der Waals surface area contributed by atoms with E-state index in [-0.39, 0.29) is 30.0 Å². The van der Waals surface area contributed by atoms with Gasteiger partial charge in [0.15, 0.2) is 0 Å². The second-order valence-corrected chi connectivity index (χ2v) is 5.96. The Balaban J connectivity index is 0.00000192. The van der Waals surface area contributed by atoms with Crippen LogP contribution in [0.25, 0.3) is 0 Å². The number of anilines is 1. The van der Waals surface area contributed by atoms with Gasteiger partial charge in [-0.3, -0.25) is 14.9 Å². The molecular weight excluding hydrogens is 320 g/mol. The predicted molar refractivity (Wildman–Crippen MR) is 90.4 cm³/mol. The van der Waals surface area contributed by atoms with Crippen molar-refractivity contribution in [2.24, 2.45) is 0 Å². The zero-order chi connectivity index (χ0) is 15.7. The van der Waals surface area contributed by atoms with Crippen LogP contribution in [-0.4, -0.2) is 47.4 Å². The van der Waals surface area contributed by atoms with Crippen LogP contribution >= 0.6 is 12.4 Å². The first-order valence-electron chi connectivity index (χ1n) is 7.63. The number of carbonyl (C=O) groups is 1. The number of benzene rings is 1. The first kappa shape index (κ1) is 17.5. The number of hydrogen-bond acceptors (Lipinski definition) is 5. The zero-order valence-electron chi connectivity index (χ0n) is 12.9. The molecular formula is C15H21ClN4O3. The van der Waals surface area contributed by atoms with Gasteiger partial charge in [-0.1, -0.05) is 0 Å². The summed E-state index contributed by atoms with van der Waals surface area (Å²) in [5.74, 6) is -0.143. The van der Waals surface area contributed by atoms with Crippen molar-refractivity contribution in [3.8, 4) is 0 Å². The molecule has 1 aromatic carbocycles. The third-order valence-electron chi connectivity index (χ3n) is 4.14. The average molecular weight is 341 g/mol. The maximum absolute atomic E-state index is 12.6. The van der Waals surface area contributed by atoms with E-state index in [9.17, 15) is 14.9 Å². The maximum Gasteiger partial charge on any atom is 0.293 e. The molecule has 0 radical (unpaired) electrons. The van der Waals surface area contributed by atoms with Crippen LogP contribution in [0.1, 0.15) is 30.1 Å². The van der Waals surface area contributed by atoms with Crippen molar-refractivity contribution in [1.29, 1.82) is 0 Å². The minimum absolute atomic E-state index is 0. The smallest absolute Gasteiger partial charge is 0.293 e. The lowest BCUT2D eigenvalue weighted by Crippen LogP contribution is -2.52. The first-order valence-corrected chi connectivity index (χ1v) is 7.63. The molecule has 0 spiro atoms. The molecule has 0 aromatic heterocycles. The minimum atomic E-state index is -0.428. The lowest BCUT2D eigenvalue weighted by atomic mass is 10.1. The summed E-state index contributed by atoms with van der Waals surface area (Å²) in [4.78, 5) is 25.2. The molecule has 8 heteroatoms. The molecule has 1 saturated heterocycles. The normalized spacial score (nSPS) is 20.6. The van der Waals surface area contributed by atoms with E-state index in [1.54, 1.807) is 17.0 Å².